The molecule has 0 radical (unpaired) electrons. The average Bonchev–Trinajstić information content (AvgIpc) is 2.24. The first-order chi connectivity index (χ1) is 9.05. The molecule has 0 aliphatic heterocycles. The van der Waals surface area contributed by atoms with E-state index in [0.717, 1.165) is 6.07 Å². The van der Waals surface area contributed by atoms with Crippen LogP contribution in [0.3, 0.4) is 0 Å². The minimum Gasteiger partial charge on any atom is -0.481 e. The van der Waals surface area contributed by atoms with Gasteiger partial charge in [0.1, 0.15) is 10.7 Å². The Balaban J connectivity index is 3.03. The smallest absolute Gasteiger partial charge is 0.303 e. The average molecular weight is 303 g/mol. The van der Waals surface area contributed by atoms with Crippen molar-refractivity contribution in [3.63, 3.8) is 0 Å². The lowest BCUT2D eigenvalue weighted by Crippen LogP contribution is -2.44. The Morgan fingerprint density at radius 1 is 1.40 bits per heavy atom. The SMILES string of the molecule is Cc1cccc(F)c1S(=O)(=O)NC(C)(C)CCC(=O)O. The lowest BCUT2D eigenvalue weighted by Gasteiger charge is -2.25. The molecule has 0 aliphatic carbocycles. The van der Waals surface area contributed by atoms with E-state index in [9.17, 15) is 17.6 Å². The number of halogens is 1. The minimum absolute atomic E-state index is 0.106. The summed E-state index contributed by atoms with van der Waals surface area (Å²) in [6.45, 7) is 4.62. The van der Waals surface area contributed by atoms with E-state index in [4.69, 9.17) is 5.11 Å². The molecule has 20 heavy (non-hydrogen) atoms. The van der Waals surface area contributed by atoms with Crippen LogP contribution in [0, 0.1) is 12.7 Å². The summed E-state index contributed by atoms with van der Waals surface area (Å²) >= 11 is 0. The molecule has 1 aromatic rings. The number of aliphatic carboxylic acids is 1. The summed E-state index contributed by atoms with van der Waals surface area (Å²) in [5.41, 5.74) is -0.682. The van der Waals surface area contributed by atoms with Gasteiger partial charge in [0.2, 0.25) is 10.0 Å². The van der Waals surface area contributed by atoms with Gasteiger partial charge in [-0.1, -0.05) is 12.1 Å². The van der Waals surface area contributed by atoms with Gasteiger partial charge in [-0.3, -0.25) is 4.79 Å². The van der Waals surface area contributed by atoms with Gasteiger partial charge in [0.15, 0.2) is 0 Å². The van der Waals surface area contributed by atoms with Gasteiger partial charge >= 0.3 is 5.97 Å². The van der Waals surface area contributed by atoms with Gasteiger partial charge < -0.3 is 5.11 Å². The van der Waals surface area contributed by atoms with Gasteiger partial charge in [0.05, 0.1) is 0 Å². The molecule has 0 saturated carbocycles. The molecule has 0 heterocycles. The van der Waals surface area contributed by atoms with Crippen LogP contribution >= 0.6 is 0 Å². The number of carboxylic acid groups (broad SMARTS) is 1. The normalized spacial score (nSPS) is 12.4. The van der Waals surface area contributed by atoms with E-state index in [0.29, 0.717) is 5.56 Å². The fourth-order valence-corrected chi connectivity index (χ4v) is 3.59. The lowest BCUT2D eigenvalue weighted by atomic mass is 10.0. The van der Waals surface area contributed by atoms with Gasteiger partial charge in [-0.2, -0.15) is 0 Å². The summed E-state index contributed by atoms with van der Waals surface area (Å²) in [5, 5.41) is 8.64. The van der Waals surface area contributed by atoms with E-state index in [2.05, 4.69) is 4.72 Å². The van der Waals surface area contributed by atoms with E-state index in [1.165, 1.54) is 19.1 Å². The number of sulfonamides is 1. The minimum atomic E-state index is -4.05. The van der Waals surface area contributed by atoms with Crippen LogP contribution in [0.4, 0.5) is 4.39 Å². The number of hydrogen-bond acceptors (Lipinski definition) is 3. The Morgan fingerprint density at radius 3 is 2.50 bits per heavy atom. The summed E-state index contributed by atoms with van der Waals surface area (Å²) in [6, 6.07) is 4.01. The molecule has 0 amide bonds. The van der Waals surface area contributed by atoms with Crippen molar-refractivity contribution in [3.05, 3.63) is 29.6 Å². The van der Waals surface area contributed by atoms with Crippen LogP contribution in [0.5, 0.6) is 0 Å². The van der Waals surface area contributed by atoms with Crippen molar-refractivity contribution in [2.24, 2.45) is 0 Å². The first kappa shape index (κ1) is 16.6. The molecular weight excluding hydrogens is 285 g/mol. The summed E-state index contributed by atoms with van der Waals surface area (Å²) in [7, 11) is -4.05. The van der Waals surface area contributed by atoms with Crippen molar-refractivity contribution < 1.29 is 22.7 Å². The molecule has 0 aromatic heterocycles. The second-order valence-electron chi connectivity index (χ2n) is 5.27. The van der Waals surface area contributed by atoms with Crippen molar-refractivity contribution in [3.8, 4) is 0 Å². The van der Waals surface area contributed by atoms with E-state index >= 15 is 0 Å². The summed E-state index contributed by atoms with van der Waals surface area (Å²) in [6.07, 6.45) is -0.0686. The summed E-state index contributed by atoms with van der Waals surface area (Å²) in [5.74, 6) is -1.84. The molecule has 1 aromatic carbocycles. The second kappa shape index (κ2) is 5.88. The van der Waals surface area contributed by atoms with Gasteiger partial charge in [-0.15, -0.1) is 0 Å². The number of carbonyl (C=O) groups is 1. The molecule has 2 N–H and O–H groups in total. The third kappa shape index (κ3) is 4.28. The molecule has 112 valence electrons. The molecule has 0 saturated heterocycles. The predicted octanol–water partition coefficient (Wildman–Crippen LogP) is 2.06. The number of hydrogen-bond donors (Lipinski definition) is 2. The Labute approximate surface area is 117 Å². The summed E-state index contributed by atoms with van der Waals surface area (Å²) in [4.78, 5) is 10.2. The predicted molar refractivity (Wildman–Crippen MR) is 72.4 cm³/mol. The highest BCUT2D eigenvalue weighted by molar-refractivity contribution is 7.89. The number of benzene rings is 1. The van der Waals surface area contributed by atoms with Gasteiger partial charge in [0, 0.05) is 12.0 Å². The van der Waals surface area contributed by atoms with Crippen LogP contribution in [0.25, 0.3) is 0 Å². The van der Waals surface area contributed by atoms with Crippen molar-refractivity contribution in [2.45, 2.75) is 44.0 Å². The molecular formula is C13H18FNO4S. The second-order valence-corrected chi connectivity index (χ2v) is 6.89. The molecule has 7 heteroatoms. The van der Waals surface area contributed by atoms with Crippen LogP contribution in [0.1, 0.15) is 32.3 Å². The van der Waals surface area contributed by atoms with E-state index < -0.39 is 32.2 Å². The zero-order chi connectivity index (χ0) is 15.6. The molecule has 0 spiro atoms. The Bertz CT molecular complexity index is 591. The number of rotatable bonds is 6. The first-order valence-electron chi connectivity index (χ1n) is 6.06. The van der Waals surface area contributed by atoms with Gasteiger partial charge in [0.25, 0.3) is 0 Å². The fourth-order valence-electron chi connectivity index (χ4n) is 1.84. The maximum Gasteiger partial charge on any atom is 0.303 e. The Hall–Kier alpha value is -1.47. The van der Waals surface area contributed by atoms with Crippen LogP contribution in [0.2, 0.25) is 0 Å². The topological polar surface area (TPSA) is 83.5 Å². The maximum absolute atomic E-state index is 13.7. The molecule has 1 rings (SSSR count). The monoisotopic (exact) mass is 303 g/mol. The largest absolute Gasteiger partial charge is 0.481 e. The number of aryl methyl sites for hydroxylation is 1. The van der Waals surface area contributed by atoms with Crippen molar-refractivity contribution in [2.75, 3.05) is 0 Å². The Kier molecular flexibility index (Phi) is 4.88. The molecule has 0 atom stereocenters. The zero-order valence-corrected chi connectivity index (χ0v) is 12.4. The molecule has 0 aliphatic rings. The first-order valence-corrected chi connectivity index (χ1v) is 7.54. The van der Waals surface area contributed by atoms with Crippen LogP contribution in [0.15, 0.2) is 23.1 Å². The van der Waals surface area contributed by atoms with Crippen LogP contribution < -0.4 is 4.72 Å². The highest BCUT2D eigenvalue weighted by Crippen LogP contribution is 2.22. The summed E-state index contributed by atoms with van der Waals surface area (Å²) < 4.78 is 40.5. The van der Waals surface area contributed by atoms with Crippen LogP contribution in [-0.2, 0) is 14.8 Å². The van der Waals surface area contributed by atoms with Crippen molar-refractivity contribution in [1.82, 2.24) is 4.72 Å². The highest BCUT2D eigenvalue weighted by Gasteiger charge is 2.29. The fraction of sp³-hybridized carbons (Fsp3) is 0.462. The molecule has 0 fully saturated rings. The molecule has 0 bridgehead atoms. The van der Waals surface area contributed by atoms with E-state index in [1.54, 1.807) is 13.8 Å². The standard InChI is InChI=1S/C13H18FNO4S/c1-9-5-4-6-10(14)12(9)20(18,19)15-13(2,3)8-7-11(16)17/h4-6,15H,7-8H2,1-3H3,(H,16,17). The van der Waals surface area contributed by atoms with E-state index in [-0.39, 0.29) is 12.8 Å². The molecule has 5 nitrogen and oxygen atoms in total. The van der Waals surface area contributed by atoms with Crippen LogP contribution in [-0.4, -0.2) is 25.0 Å². The highest BCUT2D eigenvalue weighted by atomic mass is 32.2. The number of carboxylic acids is 1. The van der Waals surface area contributed by atoms with Gasteiger partial charge in [-0.05, 0) is 38.8 Å². The van der Waals surface area contributed by atoms with E-state index in [1.807, 2.05) is 0 Å². The maximum atomic E-state index is 13.7. The number of nitrogens with one attached hydrogen (secondary N) is 1. The quantitative estimate of drug-likeness (QED) is 0.842. The van der Waals surface area contributed by atoms with Gasteiger partial charge in [-0.25, -0.2) is 17.5 Å². The third-order valence-electron chi connectivity index (χ3n) is 2.81. The third-order valence-corrected chi connectivity index (χ3v) is 4.68. The molecule has 0 unspecified atom stereocenters. The lowest BCUT2D eigenvalue weighted by molar-refractivity contribution is -0.137. The van der Waals surface area contributed by atoms with Crippen molar-refractivity contribution in [1.29, 1.82) is 0 Å². The Morgan fingerprint density at radius 2 is 2.00 bits per heavy atom. The van der Waals surface area contributed by atoms with Crippen molar-refractivity contribution >= 4 is 16.0 Å². The zero-order valence-electron chi connectivity index (χ0n) is 11.6.